The molecule has 0 N–H and O–H groups in total. The fourth-order valence-corrected chi connectivity index (χ4v) is 7.71. The van der Waals surface area contributed by atoms with Crippen molar-refractivity contribution in [1.29, 1.82) is 0 Å². The van der Waals surface area contributed by atoms with Crippen molar-refractivity contribution in [3.05, 3.63) is 158 Å². The van der Waals surface area contributed by atoms with E-state index in [9.17, 15) is 0 Å². The van der Waals surface area contributed by atoms with Crippen molar-refractivity contribution in [3.8, 4) is 33.4 Å². The topological polar surface area (TPSA) is 13.1 Å². The Kier molecular flexibility index (Phi) is 5.06. The molecule has 1 nitrogen and oxygen atoms in total. The normalized spacial score (nSPS) is 12.0. The van der Waals surface area contributed by atoms with Crippen molar-refractivity contribution >= 4 is 65.0 Å². The zero-order valence-electron chi connectivity index (χ0n) is 24.4. The number of furan rings is 1. The number of hydrogen-bond donors (Lipinski definition) is 0. The summed E-state index contributed by atoms with van der Waals surface area (Å²) in [6.45, 7) is 0. The summed E-state index contributed by atoms with van der Waals surface area (Å²) in [5.74, 6) is 0. The summed E-state index contributed by atoms with van der Waals surface area (Å²) in [5, 5.41) is 12.5. The van der Waals surface area contributed by atoms with E-state index >= 15 is 0 Å². The first-order chi connectivity index (χ1) is 22.3. The summed E-state index contributed by atoms with van der Waals surface area (Å²) in [6.07, 6.45) is 0. The van der Waals surface area contributed by atoms with Crippen LogP contribution >= 0.6 is 0 Å². The van der Waals surface area contributed by atoms with Crippen molar-refractivity contribution < 1.29 is 4.42 Å². The lowest BCUT2D eigenvalue weighted by atomic mass is 9.84. The SMILES string of the molecule is c1cc(-c2c3ccccc3c(-c3cccc4ccccc34)c3ccccc23)cc(-c2ccc3oc4cccc5ccc2c3c54)c1. The van der Waals surface area contributed by atoms with Gasteiger partial charge in [-0.15, -0.1) is 0 Å². The second kappa shape index (κ2) is 9.29. The molecule has 0 unspecified atom stereocenters. The molecule has 1 heterocycles. The highest BCUT2D eigenvalue weighted by atomic mass is 16.3. The van der Waals surface area contributed by atoms with Crippen LogP contribution in [-0.2, 0) is 0 Å². The highest BCUT2D eigenvalue weighted by Crippen LogP contribution is 2.46. The molecule has 0 fully saturated rings. The van der Waals surface area contributed by atoms with Gasteiger partial charge < -0.3 is 4.42 Å². The van der Waals surface area contributed by atoms with E-state index in [-0.39, 0.29) is 0 Å². The standard InChI is InChI=1S/C44H26O/c1-2-15-31-27(10-1)11-8-20-33(31)43-36-18-5-3-16-34(36)41(35-17-4-6-19-37(35)43)30-14-7-13-29(26-30)32-24-25-40-44-38(32)23-22-28-12-9-21-39(45-40)42(28)44/h1-26H. The molecule has 0 bridgehead atoms. The third-order valence-electron chi connectivity index (χ3n) is 9.62. The fourth-order valence-electron chi connectivity index (χ4n) is 7.71. The van der Waals surface area contributed by atoms with E-state index in [4.69, 9.17) is 4.42 Å². The minimum Gasteiger partial charge on any atom is -0.456 e. The van der Waals surface area contributed by atoms with E-state index in [0.29, 0.717) is 0 Å². The van der Waals surface area contributed by atoms with Crippen LogP contribution in [0, 0.1) is 0 Å². The van der Waals surface area contributed by atoms with Crippen LogP contribution in [-0.4, -0.2) is 0 Å². The van der Waals surface area contributed by atoms with E-state index < -0.39 is 0 Å². The summed E-state index contributed by atoms with van der Waals surface area (Å²) in [4.78, 5) is 0. The highest BCUT2D eigenvalue weighted by Gasteiger charge is 2.19. The van der Waals surface area contributed by atoms with Gasteiger partial charge in [0.05, 0.1) is 0 Å². The third kappa shape index (κ3) is 3.50. The van der Waals surface area contributed by atoms with Gasteiger partial charge in [-0.25, -0.2) is 0 Å². The molecule has 208 valence electrons. The zero-order valence-corrected chi connectivity index (χ0v) is 24.4. The van der Waals surface area contributed by atoms with E-state index in [1.54, 1.807) is 0 Å². The average molecular weight is 571 g/mol. The quantitative estimate of drug-likeness (QED) is 0.152. The van der Waals surface area contributed by atoms with Crippen molar-refractivity contribution in [3.63, 3.8) is 0 Å². The van der Waals surface area contributed by atoms with Gasteiger partial charge in [0.2, 0.25) is 0 Å². The Morgan fingerprint density at radius 2 is 0.911 bits per heavy atom. The van der Waals surface area contributed by atoms with Crippen molar-refractivity contribution in [2.45, 2.75) is 0 Å². The predicted octanol–water partition coefficient (Wildman–Crippen LogP) is 12.6. The van der Waals surface area contributed by atoms with Crippen LogP contribution in [0.15, 0.2) is 162 Å². The lowest BCUT2D eigenvalue weighted by Crippen LogP contribution is -1.92. The molecule has 0 aliphatic rings. The van der Waals surface area contributed by atoms with Crippen molar-refractivity contribution in [2.75, 3.05) is 0 Å². The van der Waals surface area contributed by atoms with Gasteiger partial charge in [0.1, 0.15) is 11.2 Å². The van der Waals surface area contributed by atoms with Gasteiger partial charge in [-0.05, 0) is 94.7 Å². The molecule has 1 heteroatoms. The minimum atomic E-state index is 0.942. The lowest BCUT2D eigenvalue weighted by molar-refractivity contribution is 0.669. The van der Waals surface area contributed by atoms with E-state index in [0.717, 1.165) is 11.2 Å². The summed E-state index contributed by atoms with van der Waals surface area (Å²) < 4.78 is 6.27. The average Bonchev–Trinajstić information content (AvgIpc) is 3.49. The first-order valence-corrected chi connectivity index (χ1v) is 15.5. The maximum absolute atomic E-state index is 6.27. The van der Waals surface area contributed by atoms with Gasteiger partial charge in [0.15, 0.2) is 0 Å². The van der Waals surface area contributed by atoms with Gasteiger partial charge in [-0.2, -0.15) is 0 Å². The Morgan fingerprint density at radius 1 is 0.311 bits per heavy atom. The zero-order chi connectivity index (χ0) is 29.5. The van der Waals surface area contributed by atoms with Crippen LogP contribution in [0.3, 0.4) is 0 Å². The smallest absolute Gasteiger partial charge is 0.136 e. The Hall–Kier alpha value is -5.92. The van der Waals surface area contributed by atoms with Crippen LogP contribution in [0.2, 0.25) is 0 Å². The molecule has 0 radical (unpaired) electrons. The molecule has 0 saturated heterocycles. The Bertz CT molecular complexity index is 2700. The summed E-state index contributed by atoms with van der Waals surface area (Å²) >= 11 is 0. The molecule has 0 saturated carbocycles. The van der Waals surface area contributed by atoms with E-state index in [1.807, 2.05) is 0 Å². The molecule has 10 rings (SSSR count). The lowest BCUT2D eigenvalue weighted by Gasteiger charge is -2.19. The van der Waals surface area contributed by atoms with Crippen molar-refractivity contribution in [1.82, 2.24) is 0 Å². The molecular formula is C44H26O. The molecule has 45 heavy (non-hydrogen) atoms. The van der Waals surface area contributed by atoms with Crippen LogP contribution < -0.4 is 0 Å². The third-order valence-corrected chi connectivity index (χ3v) is 9.62. The monoisotopic (exact) mass is 570 g/mol. The fraction of sp³-hybridized carbons (Fsp3) is 0. The van der Waals surface area contributed by atoms with Crippen LogP contribution in [0.5, 0.6) is 0 Å². The Balaban J connectivity index is 1.25. The number of rotatable bonds is 3. The number of benzene rings is 9. The molecule has 0 atom stereocenters. The maximum Gasteiger partial charge on any atom is 0.136 e. The molecule has 0 amide bonds. The van der Waals surface area contributed by atoms with Gasteiger partial charge in [-0.3, -0.25) is 0 Å². The van der Waals surface area contributed by atoms with Crippen molar-refractivity contribution in [2.24, 2.45) is 0 Å². The molecule has 0 spiro atoms. The highest BCUT2D eigenvalue weighted by molar-refractivity contribution is 6.25. The van der Waals surface area contributed by atoms with Gasteiger partial charge >= 0.3 is 0 Å². The Labute approximate surface area is 259 Å². The summed E-state index contributed by atoms with van der Waals surface area (Å²) in [7, 11) is 0. The van der Waals surface area contributed by atoms with Crippen LogP contribution in [0.25, 0.3) is 98.4 Å². The molecular weight excluding hydrogens is 544 g/mol. The largest absolute Gasteiger partial charge is 0.456 e. The first kappa shape index (κ1) is 24.5. The summed E-state index contributed by atoms with van der Waals surface area (Å²) in [6, 6.07) is 57.4. The first-order valence-electron chi connectivity index (χ1n) is 15.5. The summed E-state index contributed by atoms with van der Waals surface area (Å²) in [5.41, 5.74) is 9.36. The predicted molar refractivity (Wildman–Crippen MR) is 191 cm³/mol. The molecule has 0 aliphatic carbocycles. The molecule has 0 aliphatic heterocycles. The number of hydrogen-bond acceptors (Lipinski definition) is 1. The Morgan fingerprint density at radius 3 is 1.71 bits per heavy atom. The van der Waals surface area contributed by atoms with Gasteiger partial charge in [0.25, 0.3) is 0 Å². The second-order valence-corrected chi connectivity index (χ2v) is 12.0. The van der Waals surface area contributed by atoms with E-state index in [2.05, 4.69) is 158 Å². The molecule has 9 aromatic carbocycles. The van der Waals surface area contributed by atoms with Gasteiger partial charge in [0, 0.05) is 10.8 Å². The van der Waals surface area contributed by atoms with Gasteiger partial charge in [-0.1, -0.05) is 140 Å². The van der Waals surface area contributed by atoms with Crippen LogP contribution in [0.4, 0.5) is 0 Å². The minimum absolute atomic E-state index is 0.942. The molecule has 10 aromatic rings. The second-order valence-electron chi connectivity index (χ2n) is 12.0. The number of fused-ring (bicyclic) bond motifs is 3. The molecule has 1 aromatic heterocycles. The van der Waals surface area contributed by atoms with Crippen LogP contribution in [0.1, 0.15) is 0 Å². The maximum atomic E-state index is 6.27. The van der Waals surface area contributed by atoms with E-state index in [1.165, 1.54) is 87.2 Å².